The number of hydrogen-bond acceptors (Lipinski definition) is 1. The summed E-state index contributed by atoms with van der Waals surface area (Å²) in [6.07, 6.45) is 2.28. The fourth-order valence-corrected chi connectivity index (χ4v) is 2.70. The lowest BCUT2D eigenvalue weighted by Crippen LogP contribution is -2.18. The lowest BCUT2D eigenvalue weighted by atomic mass is 10.1. The molecule has 0 unspecified atom stereocenters. The summed E-state index contributed by atoms with van der Waals surface area (Å²) in [4.78, 5) is 2.40. The lowest BCUT2D eigenvalue weighted by Gasteiger charge is -2.06. The largest absolute Gasteiger partial charge is 0.260 e. The van der Waals surface area contributed by atoms with E-state index in [1.54, 1.807) is 0 Å². The fraction of sp³-hybridized carbons (Fsp3) is 0.316. The van der Waals surface area contributed by atoms with Crippen LogP contribution in [0, 0.1) is 13.8 Å². The fourth-order valence-electron chi connectivity index (χ4n) is 2.70. The summed E-state index contributed by atoms with van der Waals surface area (Å²) in [5.74, 6) is 0. The van der Waals surface area contributed by atoms with Crippen molar-refractivity contribution < 1.29 is 4.58 Å². The molecule has 0 saturated heterocycles. The predicted octanol–water partition coefficient (Wildman–Crippen LogP) is 3.36. The molecule has 0 amide bonds. The Morgan fingerprint density at radius 1 is 0.857 bits per heavy atom. The Bertz CT molecular complexity index is 624. The van der Waals surface area contributed by atoms with Crippen LogP contribution < -0.4 is 0 Å². The number of rotatable bonds is 4. The number of aryl methyl sites for hydroxylation is 2. The van der Waals surface area contributed by atoms with Gasteiger partial charge in [0.25, 0.3) is 0 Å². The molecular weight excluding hydrogens is 256 g/mol. The molecule has 3 rings (SSSR count). The van der Waals surface area contributed by atoms with E-state index in [2.05, 4.69) is 78.2 Å². The van der Waals surface area contributed by atoms with E-state index in [0.717, 1.165) is 26.2 Å². The average Bonchev–Trinajstić information content (AvgIpc) is 2.91. The van der Waals surface area contributed by atoms with Crippen LogP contribution in [0.4, 0.5) is 0 Å². The topological polar surface area (TPSA) is 6.25 Å². The number of hydrogen-bond donors (Lipinski definition) is 0. The molecule has 0 N–H and O–H groups in total. The molecule has 0 radical (unpaired) electrons. The summed E-state index contributed by atoms with van der Waals surface area (Å²) in [7, 11) is 0. The molecule has 0 fully saturated rings. The van der Waals surface area contributed by atoms with Gasteiger partial charge >= 0.3 is 0 Å². The van der Waals surface area contributed by atoms with Gasteiger partial charge in [0.05, 0.1) is 0 Å². The van der Waals surface area contributed by atoms with Gasteiger partial charge in [-0.3, -0.25) is 9.48 Å². The third kappa shape index (κ3) is 3.72. The molecule has 2 heteroatoms. The highest BCUT2D eigenvalue weighted by Gasteiger charge is 2.19. The number of nitrogens with zero attached hydrogens (tertiary/aromatic N) is 2. The standard InChI is InChI=1S/C19H23N2/c1-16-3-7-18(8-4-16)13-20-11-12-21(15-20)14-19-9-5-17(2)6-10-19/h3-10,15H,11-14H2,1-2H3/q+1. The summed E-state index contributed by atoms with van der Waals surface area (Å²) < 4.78 is 2.40. The van der Waals surface area contributed by atoms with Crippen LogP contribution in [0.25, 0.3) is 0 Å². The van der Waals surface area contributed by atoms with Gasteiger partial charge in [-0.2, -0.15) is 0 Å². The molecule has 1 heterocycles. The van der Waals surface area contributed by atoms with E-state index in [4.69, 9.17) is 0 Å². The summed E-state index contributed by atoms with van der Waals surface area (Å²) in [5, 5.41) is 0. The normalized spacial score (nSPS) is 14.4. The van der Waals surface area contributed by atoms with E-state index in [1.165, 1.54) is 22.3 Å². The van der Waals surface area contributed by atoms with Gasteiger partial charge in [-0.05, 0) is 25.0 Å². The molecule has 0 spiro atoms. The van der Waals surface area contributed by atoms with Crippen molar-refractivity contribution in [3.05, 3.63) is 70.8 Å². The first kappa shape index (κ1) is 13.9. The molecule has 0 aromatic heterocycles. The molecule has 1 aliphatic rings. The third-order valence-electron chi connectivity index (χ3n) is 4.01. The molecular formula is C19H23N2+. The summed E-state index contributed by atoms with van der Waals surface area (Å²) >= 11 is 0. The van der Waals surface area contributed by atoms with Crippen LogP contribution in [0.1, 0.15) is 22.3 Å². The van der Waals surface area contributed by atoms with E-state index < -0.39 is 0 Å². The van der Waals surface area contributed by atoms with Gasteiger partial charge in [0.15, 0.2) is 0 Å². The second kappa shape index (κ2) is 6.13. The SMILES string of the molecule is Cc1ccc(CN2C=[N+](Cc3ccc(C)cc3)CC2)cc1. The predicted molar refractivity (Wildman–Crippen MR) is 87.7 cm³/mol. The van der Waals surface area contributed by atoms with Crippen molar-refractivity contribution in [2.24, 2.45) is 0 Å². The molecule has 0 aliphatic carbocycles. The van der Waals surface area contributed by atoms with E-state index in [1.807, 2.05) is 0 Å². The van der Waals surface area contributed by atoms with Gasteiger partial charge in [-0.25, -0.2) is 0 Å². The molecule has 2 nitrogen and oxygen atoms in total. The molecule has 1 aliphatic heterocycles. The van der Waals surface area contributed by atoms with Gasteiger partial charge in [0.2, 0.25) is 6.34 Å². The summed E-state index contributed by atoms with van der Waals surface area (Å²) in [6.45, 7) is 8.50. The highest BCUT2D eigenvalue weighted by molar-refractivity contribution is 5.50. The summed E-state index contributed by atoms with van der Waals surface area (Å²) in [6, 6.07) is 17.7. The van der Waals surface area contributed by atoms with Crippen molar-refractivity contribution in [1.82, 2.24) is 4.90 Å². The average molecular weight is 279 g/mol. The Balaban J connectivity index is 1.61. The van der Waals surface area contributed by atoms with Gasteiger partial charge in [-0.15, -0.1) is 0 Å². The maximum absolute atomic E-state index is 2.40. The monoisotopic (exact) mass is 279 g/mol. The zero-order valence-electron chi connectivity index (χ0n) is 12.9. The van der Waals surface area contributed by atoms with Crippen LogP contribution in [-0.4, -0.2) is 28.9 Å². The van der Waals surface area contributed by atoms with Crippen molar-refractivity contribution >= 4 is 6.34 Å². The van der Waals surface area contributed by atoms with Crippen LogP contribution in [0.2, 0.25) is 0 Å². The lowest BCUT2D eigenvalue weighted by molar-refractivity contribution is -0.530. The highest BCUT2D eigenvalue weighted by atomic mass is 15.3. The van der Waals surface area contributed by atoms with Crippen LogP contribution in [-0.2, 0) is 13.1 Å². The minimum absolute atomic E-state index is 1.00. The van der Waals surface area contributed by atoms with Gasteiger partial charge in [-0.1, -0.05) is 59.7 Å². The molecule has 108 valence electrons. The smallest absolute Gasteiger partial charge is 0.234 e. The molecule has 0 atom stereocenters. The van der Waals surface area contributed by atoms with Crippen molar-refractivity contribution in [3.63, 3.8) is 0 Å². The zero-order valence-corrected chi connectivity index (χ0v) is 12.9. The van der Waals surface area contributed by atoms with E-state index in [9.17, 15) is 0 Å². The quantitative estimate of drug-likeness (QED) is 0.778. The van der Waals surface area contributed by atoms with Crippen molar-refractivity contribution in [2.45, 2.75) is 26.9 Å². The van der Waals surface area contributed by atoms with Gasteiger partial charge < -0.3 is 0 Å². The second-order valence-electron chi connectivity index (χ2n) is 6.03. The van der Waals surface area contributed by atoms with Crippen LogP contribution in [0.15, 0.2) is 48.5 Å². The first-order valence-corrected chi connectivity index (χ1v) is 7.63. The third-order valence-corrected chi connectivity index (χ3v) is 4.01. The minimum atomic E-state index is 1.00. The van der Waals surface area contributed by atoms with E-state index in [-0.39, 0.29) is 0 Å². The van der Waals surface area contributed by atoms with Gasteiger partial charge in [0, 0.05) is 0 Å². The molecule has 2 aromatic rings. The Morgan fingerprint density at radius 3 is 2.05 bits per heavy atom. The van der Waals surface area contributed by atoms with Crippen molar-refractivity contribution in [1.29, 1.82) is 0 Å². The molecule has 2 aromatic carbocycles. The Hall–Kier alpha value is -2.09. The molecule has 0 bridgehead atoms. The second-order valence-corrected chi connectivity index (χ2v) is 6.03. The Labute approximate surface area is 127 Å². The highest BCUT2D eigenvalue weighted by Crippen LogP contribution is 2.10. The van der Waals surface area contributed by atoms with E-state index in [0.29, 0.717) is 0 Å². The maximum Gasteiger partial charge on any atom is 0.234 e. The van der Waals surface area contributed by atoms with E-state index >= 15 is 0 Å². The van der Waals surface area contributed by atoms with Crippen LogP contribution in [0.5, 0.6) is 0 Å². The Morgan fingerprint density at radius 2 is 1.43 bits per heavy atom. The zero-order chi connectivity index (χ0) is 14.7. The van der Waals surface area contributed by atoms with Crippen molar-refractivity contribution in [2.75, 3.05) is 13.1 Å². The van der Waals surface area contributed by atoms with Crippen LogP contribution >= 0.6 is 0 Å². The van der Waals surface area contributed by atoms with Crippen molar-refractivity contribution in [3.8, 4) is 0 Å². The molecule has 0 saturated carbocycles. The molecule has 21 heavy (non-hydrogen) atoms. The maximum atomic E-state index is 2.40. The first-order valence-electron chi connectivity index (χ1n) is 7.63. The Kier molecular flexibility index (Phi) is 4.05. The van der Waals surface area contributed by atoms with Crippen LogP contribution in [0.3, 0.4) is 0 Å². The van der Waals surface area contributed by atoms with Gasteiger partial charge in [0.1, 0.15) is 26.2 Å². The number of benzene rings is 2. The summed E-state index contributed by atoms with van der Waals surface area (Å²) in [5.41, 5.74) is 5.42. The first-order chi connectivity index (χ1) is 10.2. The minimum Gasteiger partial charge on any atom is -0.260 e.